The molecule has 2 aromatic heterocycles. The van der Waals surface area contributed by atoms with E-state index in [0.717, 1.165) is 4.90 Å². The van der Waals surface area contributed by atoms with Gasteiger partial charge in [-0.1, -0.05) is 0 Å². The van der Waals surface area contributed by atoms with Crippen LogP contribution in [0, 0.1) is 0 Å². The maximum atomic E-state index is 12.4. The quantitative estimate of drug-likeness (QED) is 0.679. The number of carbonyl (C=O) groups is 2. The Labute approximate surface area is 153 Å². The standard InChI is InChI=1S/C17H11N5O4S/c23-15-13-3-1-8-18-14(13)16(24)22(15)11-4-6-12(7-5-11)27(25,26)21-17-19-9-2-10-20-17/h1-10H,(H,19,20,21). The monoisotopic (exact) mass is 381 g/mol. The van der Waals surface area contributed by atoms with Crippen molar-refractivity contribution in [3.63, 3.8) is 0 Å². The number of imide groups is 1. The Hall–Kier alpha value is -3.66. The average Bonchev–Trinajstić information content (AvgIpc) is 2.93. The van der Waals surface area contributed by atoms with Crippen LogP contribution in [0.4, 0.5) is 11.6 Å². The highest BCUT2D eigenvalue weighted by molar-refractivity contribution is 7.92. The van der Waals surface area contributed by atoms with E-state index in [1.807, 2.05) is 0 Å². The SMILES string of the molecule is O=C1c2cccnc2C(=O)N1c1ccc(S(=O)(=O)Nc2ncccn2)cc1. The number of pyridine rings is 1. The fraction of sp³-hybridized carbons (Fsp3) is 0. The molecule has 2 amide bonds. The first-order chi connectivity index (χ1) is 13.0. The Morgan fingerprint density at radius 3 is 2.15 bits per heavy atom. The van der Waals surface area contributed by atoms with Gasteiger partial charge in [0.2, 0.25) is 5.95 Å². The van der Waals surface area contributed by atoms with Crippen molar-refractivity contribution in [2.45, 2.75) is 4.90 Å². The number of benzene rings is 1. The molecule has 0 atom stereocenters. The summed E-state index contributed by atoms with van der Waals surface area (Å²) in [6.07, 6.45) is 4.25. The van der Waals surface area contributed by atoms with Gasteiger partial charge >= 0.3 is 0 Å². The molecule has 1 aromatic carbocycles. The highest BCUT2D eigenvalue weighted by Crippen LogP contribution is 2.28. The number of sulfonamides is 1. The van der Waals surface area contributed by atoms with E-state index in [1.54, 1.807) is 12.1 Å². The van der Waals surface area contributed by atoms with Crippen LogP contribution in [0.25, 0.3) is 0 Å². The van der Waals surface area contributed by atoms with Gasteiger partial charge in [0.15, 0.2) is 0 Å². The van der Waals surface area contributed by atoms with Crippen LogP contribution < -0.4 is 9.62 Å². The minimum atomic E-state index is -3.91. The summed E-state index contributed by atoms with van der Waals surface area (Å²) in [7, 11) is -3.91. The molecule has 10 heteroatoms. The van der Waals surface area contributed by atoms with Gasteiger partial charge in [-0.05, 0) is 42.5 Å². The first-order valence-corrected chi connectivity index (χ1v) is 9.19. The van der Waals surface area contributed by atoms with Gasteiger partial charge in [-0.25, -0.2) is 28.0 Å². The minimum absolute atomic E-state index is 0.0616. The van der Waals surface area contributed by atoms with Crippen molar-refractivity contribution >= 4 is 33.5 Å². The fourth-order valence-corrected chi connectivity index (χ4v) is 3.56. The summed E-state index contributed by atoms with van der Waals surface area (Å²) in [6, 6.07) is 9.98. The number of rotatable bonds is 4. The van der Waals surface area contributed by atoms with Gasteiger partial charge in [0.05, 0.1) is 16.1 Å². The molecule has 3 aromatic rings. The molecule has 0 spiro atoms. The van der Waals surface area contributed by atoms with Crippen LogP contribution in [-0.4, -0.2) is 35.2 Å². The number of aromatic nitrogens is 3. The molecule has 134 valence electrons. The zero-order valence-corrected chi connectivity index (χ0v) is 14.4. The smallest absolute Gasteiger partial charge is 0.268 e. The van der Waals surface area contributed by atoms with Crippen LogP contribution in [0.3, 0.4) is 0 Å². The number of carbonyl (C=O) groups excluding carboxylic acids is 2. The average molecular weight is 381 g/mol. The van der Waals surface area contributed by atoms with Crippen molar-refractivity contribution in [3.8, 4) is 0 Å². The first kappa shape index (κ1) is 16.8. The molecule has 0 radical (unpaired) electrons. The van der Waals surface area contributed by atoms with Crippen LogP contribution in [0.2, 0.25) is 0 Å². The summed E-state index contributed by atoms with van der Waals surface area (Å²) >= 11 is 0. The first-order valence-electron chi connectivity index (χ1n) is 7.71. The lowest BCUT2D eigenvalue weighted by molar-refractivity contribution is 0.0924. The number of nitrogens with one attached hydrogen (secondary N) is 1. The normalized spacial score (nSPS) is 13.6. The molecule has 0 bridgehead atoms. The zero-order chi connectivity index (χ0) is 19.0. The van der Waals surface area contributed by atoms with Crippen LogP contribution >= 0.6 is 0 Å². The summed E-state index contributed by atoms with van der Waals surface area (Å²) in [4.78, 5) is 37.3. The van der Waals surface area contributed by atoms with Crippen LogP contribution in [0.1, 0.15) is 20.8 Å². The van der Waals surface area contributed by atoms with E-state index in [0.29, 0.717) is 0 Å². The Kier molecular flexibility index (Phi) is 3.89. The van der Waals surface area contributed by atoms with E-state index < -0.39 is 21.8 Å². The molecule has 0 unspecified atom stereocenters. The topological polar surface area (TPSA) is 122 Å². The van der Waals surface area contributed by atoms with Gasteiger partial charge < -0.3 is 0 Å². The largest absolute Gasteiger partial charge is 0.284 e. The molecule has 1 aliphatic rings. The zero-order valence-electron chi connectivity index (χ0n) is 13.6. The molecule has 0 fully saturated rings. The molecular weight excluding hydrogens is 370 g/mol. The molecule has 27 heavy (non-hydrogen) atoms. The van der Waals surface area contributed by atoms with Crippen LogP contribution in [0.5, 0.6) is 0 Å². The lowest BCUT2D eigenvalue weighted by Crippen LogP contribution is -2.29. The van der Waals surface area contributed by atoms with E-state index in [2.05, 4.69) is 19.7 Å². The Morgan fingerprint density at radius 1 is 0.815 bits per heavy atom. The molecule has 1 N–H and O–H groups in total. The molecule has 3 heterocycles. The third kappa shape index (κ3) is 2.91. The van der Waals surface area contributed by atoms with Crippen LogP contribution in [-0.2, 0) is 10.0 Å². The summed E-state index contributed by atoms with van der Waals surface area (Å²) in [5.41, 5.74) is 0.530. The predicted molar refractivity (Wildman–Crippen MR) is 94.7 cm³/mol. The van der Waals surface area contributed by atoms with Gasteiger partial charge in [0.25, 0.3) is 21.8 Å². The molecule has 0 aliphatic carbocycles. The van der Waals surface area contributed by atoms with Crippen molar-refractivity contribution in [1.29, 1.82) is 0 Å². The second-order valence-electron chi connectivity index (χ2n) is 5.52. The Morgan fingerprint density at radius 2 is 1.48 bits per heavy atom. The molecule has 0 saturated carbocycles. The van der Waals surface area contributed by atoms with Crippen molar-refractivity contribution in [2.75, 3.05) is 9.62 Å². The number of amides is 2. The maximum absolute atomic E-state index is 12.4. The molecular formula is C17H11N5O4S. The van der Waals surface area contributed by atoms with E-state index in [-0.39, 0.29) is 27.8 Å². The van der Waals surface area contributed by atoms with E-state index in [1.165, 1.54) is 48.9 Å². The second kappa shape index (κ2) is 6.25. The van der Waals surface area contributed by atoms with E-state index in [4.69, 9.17) is 0 Å². The minimum Gasteiger partial charge on any atom is -0.268 e. The van der Waals surface area contributed by atoms with Gasteiger partial charge in [-0.3, -0.25) is 14.6 Å². The van der Waals surface area contributed by atoms with Crippen molar-refractivity contribution in [3.05, 3.63) is 72.3 Å². The van der Waals surface area contributed by atoms with Crippen molar-refractivity contribution in [1.82, 2.24) is 15.0 Å². The summed E-state index contributed by atoms with van der Waals surface area (Å²) in [6.45, 7) is 0. The molecule has 1 aliphatic heterocycles. The summed E-state index contributed by atoms with van der Waals surface area (Å²) in [5, 5.41) is 0. The number of anilines is 2. The number of hydrogen-bond donors (Lipinski definition) is 1. The number of nitrogens with zero attached hydrogens (tertiary/aromatic N) is 4. The third-order valence-corrected chi connectivity index (χ3v) is 5.19. The highest BCUT2D eigenvalue weighted by Gasteiger charge is 2.37. The summed E-state index contributed by atoms with van der Waals surface area (Å²) in [5.74, 6) is -1.12. The molecule has 0 saturated heterocycles. The number of fused-ring (bicyclic) bond motifs is 1. The van der Waals surface area contributed by atoms with E-state index >= 15 is 0 Å². The molecule has 9 nitrogen and oxygen atoms in total. The van der Waals surface area contributed by atoms with E-state index in [9.17, 15) is 18.0 Å². The molecule has 4 rings (SSSR count). The lowest BCUT2D eigenvalue weighted by Gasteiger charge is -2.14. The Bertz CT molecular complexity index is 1110. The number of hydrogen-bond acceptors (Lipinski definition) is 7. The van der Waals surface area contributed by atoms with Crippen LogP contribution in [0.15, 0.2) is 66.0 Å². The fourth-order valence-electron chi connectivity index (χ4n) is 2.61. The predicted octanol–water partition coefficient (Wildman–Crippen LogP) is 1.47. The third-order valence-electron chi connectivity index (χ3n) is 3.84. The maximum Gasteiger partial charge on any atom is 0.284 e. The lowest BCUT2D eigenvalue weighted by atomic mass is 10.2. The van der Waals surface area contributed by atoms with Gasteiger partial charge in [0.1, 0.15) is 5.69 Å². The van der Waals surface area contributed by atoms with Crippen molar-refractivity contribution in [2.24, 2.45) is 0 Å². The van der Waals surface area contributed by atoms with Crippen molar-refractivity contribution < 1.29 is 18.0 Å². The Balaban J connectivity index is 1.62. The van der Waals surface area contributed by atoms with Gasteiger partial charge in [-0.15, -0.1) is 0 Å². The van der Waals surface area contributed by atoms with Gasteiger partial charge in [0, 0.05) is 18.6 Å². The van der Waals surface area contributed by atoms with Gasteiger partial charge in [-0.2, -0.15) is 0 Å². The second-order valence-corrected chi connectivity index (χ2v) is 7.20. The highest BCUT2D eigenvalue weighted by atomic mass is 32.2. The summed E-state index contributed by atoms with van der Waals surface area (Å²) < 4.78 is 27.0.